The highest BCUT2D eigenvalue weighted by atomic mass is 19.1. The SMILES string of the molecule is Cc1ccc(OCCNc2ccccc2F)cn1. The Morgan fingerprint density at radius 1 is 1.22 bits per heavy atom. The summed E-state index contributed by atoms with van der Waals surface area (Å²) in [6.07, 6.45) is 1.68. The van der Waals surface area contributed by atoms with Crippen molar-refractivity contribution in [1.29, 1.82) is 0 Å². The number of hydrogen-bond donors (Lipinski definition) is 1. The van der Waals surface area contributed by atoms with Crippen molar-refractivity contribution in [3.05, 3.63) is 54.1 Å². The first-order valence-corrected chi connectivity index (χ1v) is 5.79. The van der Waals surface area contributed by atoms with E-state index in [0.29, 0.717) is 18.8 Å². The lowest BCUT2D eigenvalue weighted by Gasteiger charge is -2.09. The molecule has 1 heterocycles. The summed E-state index contributed by atoms with van der Waals surface area (Å²) in [6.45, 7) is 2.91. The number of aryl methyl sites for hydroxylation is 1. The standard InChI is InChI=1S/C14H15FN2O/c1-11-6-7-12(10-17-11)18-9-8-16-14-5-3-2-4-13(14)15/h2-7,10,16H,8-9H2,1H3. The molecule has 2 rings (SSSR count). The van der Waals surface area contributed by atoms with Crippen LogP contribution in [0.4, 0.5) is 10.1 Å². The minimum absolute atomic E-state index is 0.255. The predicted octanol–water partition coefficient (Wildman–Crippen LogP) is 3.02. The quantitative estimate of drug-likeness (QED) is 0.823. The maximum atomic E-state index is 13.3. The number of benzene rings is 1. The third kappa shape index (κ3) is 3.45. The normalized spacial score (nSPS) is 10.1. The zero-order valence-corrected chi connectivity index (χ0v) is 10.2. The second-order valence-corrected chi connectivity index (χ2v) is 3.89. The first kappa shape index (κ1) is 12.4. The molecule has 94 valence electrons. The molecule has 0 spiro atoms. The first-order valence-electron chi connectivity index (χ1n) is 5.79. The molecule has 0 aliphatic heterocycles. The summed E-state index contributed by atoms with van der Waals surface area (Å²) in [6, 6.07) is 10.3. The molecule has 0 atom stereocenters. The summed E-state index contributed by atoms with van der Waals surface area (Å²) in [5, 5.41) is 2.97. The van der Waals surface area contributed by atoms with Gasteiger partial charge in [-0.25, -0.2) is 4.39 Å². The van der Waals surface area contributed by atoms with Gasteiger partial charge in [0.25, 0.3) is 0 Å². The second kappa shape index (κ2) is 6.00. The molecule has 1 aromatic heterocycles. The summed E-state index contributed by atoms with van der Waals surface area (Å²) in [5.74, 6) is 0.463. The molecule has 1 aromatic carbocycles. The molecule has 0 saturated heterocycles. The van der Waals surface area contributed by atoms with E-state index < -0.39 is 0 Å². The van der Waals surface area contributed by atoms with Crippen molar-refractivity contribution in [2.45, 2.75) is 6.92 Å². The Hall–Kier alpha value is -2.10. The van der Waals surface area contributed by atoms with Crippen LogP contribution in [-0.2, 0) is 0 Å². The Balaban J connectivity index is 1.76. The summed E-state index contributed by atoms with van der Waals surface area (Å²) in [5.41, 5.74) is 1.44. The number of nitrogens with zero attached hydrogens (tertiary/aromatic N) is 1. The van der Waals surface area contributed by atoms with Gasteiger partial charge >= 0.3 is 0 Å². The summed E-state index contributed by atoms with van der Waals surface area (Å²) in [4.78, 5) is 4.12. The van der Waals surface area contributed by atoms with E-state index in [1.807, 2.05) is 19.1 Å². The average molecular weight is 246 g/mol. The number of ether oxygens (including phenoxy) is 1. The van der Waals surface area contributed by atoms with E-state index in [1.54, 1.807) is 24.4 Å². The fourth-order valence-electron chi connectivity index (χ4n) is 1.50. The third-order valence-corrected chi connectivity index (χ3v) is 2.44. The fourth-order valence-corrected chi connectivity index (χ4v) is 1.50. The van der Waals surface area contributed by atoms with Crippen molar-refractivity contribution in [2.75, 3.05) is 18.5 Å². The molecule has 0 saturated carbocycles. The number of pyridine rings is 1. The fraction of sp³-hybridized carbons (Fsp3) is 0.214. The van der Waals surface area contributed by atoms with E-state index in [2.05, 4.69) is 10.3 Å². The van der Waals surface area contributed by atoms with E-state index in [9.17, 15) is 4.39 Å². The Kier molecular flexibility index (Phi) is 4.12. The smallest absolute Gasteiger partial charge is 0.146 e. The van der Waals surface area contributed by atoms with Gasteiger partial charge in [-0.1, -0.05) is 12.1 Å². The molecule has 0 bridgehead atoms. The Morgan fingerprint density at radius 3 is 2.78 bits per heavy atom. The van der Waals surface area contributed by atoms with Gasteiger partial charge in [0.1, 0.15) is 18.2 Å². The van der Waals surface area contributed by atoms with Gasteiger partial charge < -0.3 is 10.1 Å². The molecule has 0 radical (unpaired) electrons. The highest BCUT2D eigenvalue weighted by Crippen LogP contribution is 2.12. The van der Waals surface area contributed by atoms with Crippen LogP contribution in [0.3, 0.4) is 0 Å². The minimum atomic E-state index is -0.255. The van der Waals surface area contributed by atoms with Gasteiger partial charge in [-0.05, 0) is 31.2 Å². The van der Waals surface area contributed by atoms with E-state index >= 15 is 0 Å². The summed E-state index contributed by atoms with van der Waals surface area (Å²) in [7, 11) is 0. The Labute approximate surface area is 106 Å². The van der Waals surface area contributed by atoms with Crippen LogP contribution in [0.2, 0.25) is 0 Å². The van der Waals surface area contributed by atoms with Gasteiger partial charge in [0.15, 0.2) is 0 Å². The molecular formula is C14H15FN2O. The number of rotatable bonds is 5. The second-order valence-electron chi connectivity index (χ2n) is 3.89. The maximum Gasteiger partial charge on any atom is 0.146 e. The Morgan fingerprint density at radius 2 is 2.06 bits per heavy atom. The van der Waals surface area contributed by atoms with Crippen LogP contribution in [-0.4, -0.2) is 18.1 Å². The molecule has 0 amide bonds. The highest BCUT2D eigenvalue weighted by Gasteiger charge is 1.99. The van der Waals surface area contributed by atoms with Crippen LogP contribution >= 0.6 is 0 Å². The Bertz CT molecular complexity index is 499. The van der Waals surface area contributed by atoms with Gasteiger partial charge in [0.2, 0.25) is 0 Å². The van der Waals surface area contributed by atoms with Crippen molar-refractivity contribution in [3.63, 3.8) is 0 Å². The zero-order chi connectivity index (χ0) is 12.8. The molecule has 2 aromatic rings. The molecule has 0 fully saturated rings. The van der Waals surface area contributed by atoms with Crippen molar-refractivity contribution in [2.24, 2.45) is 0 Å². The van der Waals surface area contributed by atoms with Gasteiger partial charge in [0.05, 0.1) is 11.9 Å². The van der Waals surface area contributed by atoms with Crippen LogP contribution in [0.5, 0.6) is 5.75 Å². The van der Waals surface area contributed by atoms with Crippen molar-refractivity contribution < 1.29 is 9.13 Å². The maximum absolute atomic E-state index is 13.3. The topological polar surface area (TPSA) is 34.1 Å². The van der Waals surface area contributed by atoms with E-state index in [4.69, 9.17) is 4.74 Å². The molecule has 18 heavy (non-hydrogen) atoms. The summed E-state index contributed by atoms with van der Waals surface area (Å²) < 4.78 is 18.7. The number of aromatic nitrogens is 1. The van der Waals surface area contributed by atoms with Crippen molar-refractivity contribution in [3.8, 4) is 5.75 Å². The number of nitrogens with one attached hydrogen (secondary N) is 1. The number of para-hydroxylation sites is 1. The number of halogens is 1. The van der Waals surface area contributed by atoms with Crippen LogP contribution in [0.15, 0.2) is 42.6 Å². The third-order valence-electron chi connectivity index (χ3n) is 2.44. The highest BCUT2D eigenvalue weighted by molar-refractivity contribution is 5.44. The molecule has 0 aliphatic rings. The zero-order valence-electron chi connectivity index (χ0n) is 10.2. The van der Waals surface area contributed by atoms with E-state index in [1.165, 1.54) is 6.07 Å². The van der Waals surface area contributed by atoms with Gasteiger partial charge in [-0.15, -0.1) is 0 Å². The number of hydrogen-bond acceptors (Lipinski definition) is 3. The van der Waals surface area contributed by atoms with Crippen molar-refractivity contribution in [1.82, 2.24) is 4.98 Å². The van der Waals surface area contributed by atoms with Crippen molar-refractivity contribution >= 4 is 5.69 Å². The molecule has 4 heteroatoms. The predicted molar refractivity (Wildman–Crippen MR) is 69.4 cm³/mol. The van der Waals surface area contributed by atoms with Gasteiger partial charge in [-0.3, -0.25) is 4.98 Å². The van der Waals surface area contributed by atoms with Crippen LogP contribution in [0.1, 0.15) is 5.69 Å². The first-order chi connectivity index (χ1) is 8.75. The molecular weight excluding hydrogens is 231 g/mol. The van der Waals surface area contributed by atoms with E-state index in [0.717, 1.165) is 11.4 Å². The van der Waals surface area contributed by atoms with E-state index in [-0.39, 0.29) is 5.82 Å². The monoisotopic (exact) mass is 246 g/mol. The summed E-state index contributed by atoms with van der Waals surface area (Å²) >= 11 is 0. The minimum Gasteiger partial charge on any atom is -0.490 e. The van der Waals surface area contributed by atoms with Crippen LogP contribution < -0.4 is 10.1 Å². The number of anilines is 1. The molecule has 0 unspecified atom stereocenters. The molecule has 1 N–H and O–H groups in total. The lowest BCUT2D eigenvalue weighted by atomic mass is 10.3. The molecule has 3 nitrogen and oxygen atoms in total. The van der Waals surface area contributed by atoms with Gasteiger partial charge in [-0.2, -0.15) is 0 Å². The van der Waals surface area contributed by atoms with Crippen LogP contribution in [0, 0.1) is 12.7 Å². The van der Waals surface area contributed by atoms with Crippen LogP contribution in [0.25, 0.3) is 0 Å². The lowest BCUT2D eigenvalue weighted by molar-refractivity contribution is 0.331. The lowest BCUT2D eigenvalue weighted by Crippen LogP contribution is -2.12. The molecule has 0 aliphatic carbocycles. The largest absolute Gasteiger partial charge is 0.490 e. The van der Waals surface area contributed by atoms with Gasteiger partial charge in [0, 0.05) is 12.2 Å². The average Bonchev–Trinajstić information content (AvgIpc) is 2.39.